The number of carbonyl (C=O) groups is 1. The van der Waals surface area contributed by atoms with Crippen molar-refractivity contribution in [3.05, 3.63) is 23.0 Å². The quantitative estimate of drug-likeness (QED) is 0.618. The first-order valence-electron chi connectivity index (χ1n) is 5.20. The second kappa shape index (κ2) is 5.48. The number of aliphatic hydroxyl groups is 1. The van der Waals surface area contributed by atoms with Crippen LogP contribution >= 0.6 is 0 Å². The second-order valence-corrected chi connectivity index (χ2v) is 3.86. The van der Waals surface area contributed by atoms with E-state index in [0.29, 0.717) is 12.2 Å². The van der Waals surface area contributed by atoms with Crippen LogP contribution in [0.2, 0.25) is 0 Å². The summed E-state index contributed by atoms with van der Waals surface area (Å²) < 4.78 is 1.79. The molecule has 4 N–H and O–H groups in total. The van der Waals surface area contributed by atoms with Crippen molar-refractivity contribution in [3.63, 3.8) is 0 Å². The van der Waals surface area contributed by atoms with Crippen LogP contribution in [-0.2, 0) is 18.4 Å². The standard InChI is InChI=1S/C11H16N4O2/c1-7-8(3-9(4-12)15(7)2)5-14-6-10(16)11(13)17/h3,10,14,16H,5-6H2,1-2H3,(H2,13,17). The van der Waals surface area contributed by atoms with Gasteiger partial charge in [-0.1, -0.05) is 0 Å². The van der Waals surface area contributed by atoms with Gasteiger partial charge in [-0.3, -0.25) is 4.79 Å². The lowest BCUT2D eigenvalue weighted by molar-refractivity contribution is -0.125. The Hall–Kier alpha value is -1.84. The van der Waals surface area contributed by atoms with Gasteiger partial charge >= 0.3 is 0 Å². The summed E-state index contributed by atoms with van der Waals surface area (Å²) in [5.41, 5.74) is 7.43. The highest BCUT2D eigenvalue weighted by Gasteiger charge is 2.11. The number of nitrogens with two attached hydrogens (primary N) is 1. The first-order valence-corrected chi connectivity index (χ1v) is 5.20. The Morgan fingerprint density at radius 1 is 1.76 bits per heavy atom. The summed E-state index contributed by atoms with van der Waals surface area (Å²) in [5, 5.41) is 21.0. The zero-order chi connectivity index (χ0) is 13.0. The minimum Gasteiger partial charge on any atom is -0.382 e. The number of hydrogen-bond donors (Lipinski definition) is 3. The van der Waals surface area contributed by atoms with E-state index in [1.165, 1.54) is 0 Å². The third-order valence-corrected chi connectivity index (χ3v) is 2.74. The van der Waals surface area contributed by atoms with E-state index < -0.39 is 12.0 Å². The molecule has 6 nitrogen and oxygen atoms in total. The van der Waals surface area contributed by atoms with Gasteiger partial charge in [-0.25, -0.2) is 0 Å². The van der Waals surface area contributed by atoms with Crippen molar-refractivity contribution in [2.24, 2.45) is 12.8 Å². The number of hydrogen-bond acceptors (Lipinski definition) is 4. The van der Waals surface area contributed by atoms with Crippen LogP contribution in [0.5, 0.6) is 0 Å². The van der Waals surface area contributed by atoms with Gasteiger partial charge in [0.05, 0.1) is 0 Å². The van der Waals surface area contributed by atoms with Gasteiger partial charge in [0.2, 0.25) is 5.91 Å². The lowest BCUT2D eigenvalue weighted by Crippen LogP contribution is -2.37. The van der Waals surface area contributed by atoms with Crippen LogP contribution in [0.25, 0.3) is 0 Å². The molecule has 0 spiro atoms. The predicted octanol–water partition coefficient (Wildman–Crippen LogP) is -0.859. The van der Waals surface area contributed by atoms with E-state index in [9.17, 15) is 9.90 Å². The number of aliphatic hydroxyl groups excluding tert-OH is 1. The number of nitriles is 1. The molecule has 1 atom stereocenters. The Balaban J connectivity index is 2.59. The van der Waals surface area contributed by atoms with Crippen LogP contribution in [0.3, 0.4) is 0 Å². The maximum atomic E-state index is 10.6. The van der Waals surface area contributed by atoms with Crippen molar-refractivity contribution in [1.29, 1.82) is 5.26 Å². The lowest BCUT2D eigenvalue weighted by atomic mass is 10.2. The molecule has 0 radical (unpaired) electrons. The molecule has 1 amide bonds. The number of rotatable bonds is 5. The molecule has 0 saturated heterocycles. The molecule has 0 fully saturated rings. The average molecular weight is 236 g/mol. The van der Waals surface area contributed by atoms with E-state index in [2.05, 4.69) is 11.4 Å². The van der Waals surface area contributed by atoms with Gasteiger partial charge in [-0.05, 0) is 18.6 Å². The molecule has 0 aliphatic carbocycles. The fraction of sp³-hybridized carbons (Fsp3) is 0.455. The first kappa shape index (κ1) is 13.2. The number of primary amides is 1. The number of nitrogens with zero attached hydrogens (tertiary/aromatic N) is 2. The van der Waals surface area contributed by atoms with Gasteiger partial charge in [-0.15, -0.1) is 0 Å². The van der Waals surface area contributed by atoms with Crippen molar-refractivity contribution < 1.29 is 9.90 Å². The second-order valence-electron chi connectivity index (χ2n) is 3.86. The number of amides is 1. The molecule has 0 aliphatic rings. The zero-order valence-electron chi connectivity index (χ0n) is 9.90. The molecule has 1 aromatic rings. The number of carbonyl (C=O) groups excluding carboxylic acids is 1. The fourth-order valence-corrected chi connectivity index (χ4v) is 1.49. The predicted molar refractivity (Wildman–Crippen MR) is 61.8 cm³/mol. The summed E-state index contributed by atoms with van der Waals surface area (Å²) in [4.78, 5) is 10.6. The van der Waals surface area contributed by atoms with Gasteiger partial charge < -0.3 is 20.7 Å². The third-order valence-electron chi connectivity index (χ3n) is 2.74. The average Bonchev–Trinajstić information content (AvgIpc) is 2.56. The molecule has 0 aliphatic heterocycles. The number of aromatic nitrogens is 1. The van der Waals surface area contributed by atoms with Crippen LogP contribution in [0.1, 0.15) is 17.0 Å². The highest BCUT2D eigenvalue weighted by atomic mass is 16.3. The van der Waals surface area contributed by atoms with E-state index in [0.717, 1.165) is 11.3 Å². The molecule has 17 heavy (non-hydrogen) atoms. The molecule has 1 aromatic heterocycles. The molecule has 92 valence electrons. The normalized spacial score (nSPS) is 12.1. The van der Waals surface area contributed by atoms with Gasteiger partial charge in [0.1, 0.15) is 17.9 Å². The summed E-state index contributed by atoms with van der Waals surface area (Å²) in [6.07, 6.45) is -1.19. The van der Waals surface area contributed by atoms with E-state index in [-0.39, 0.29) is 6.54 Å². The van der Waals surface area contributed by atoms with Gasteiger partial charge in [0.15, 0.2) is 0 Å². The topological polar surface area (TPSA) is 104 Å². The molecule has 1 heterocycles. The van der Waals surface area contributed by atoms with Crippen molar-refractivity contribution in [2.75, 3.05) is 6.54 Å². The fourth-order valence-electron chi connectivity index (χ4n) is 1.49. The molecule has 1 rings (SSSR count). The molecule has 6 heteroatoms. The Morgan fingerprint density at radius 2 is 2.41 bits per heavy atom. The summed E-state index contributed by atoms with van der Waals surface area (Å²) in [6, 6.07) is 3.86. The third kappa shape index (κ3) is 3.06. The molecule has 0 aromatic carbocycles. The van der Waals surface area contributed by atoms with Crippen LogP contribution in [0, 0.1) is 18.3 Å². The maximum absolute atomic E-state index is 10.6. The van der Waals surface area contributed by atoms with Crippen LogP contribution in [0.15, 0.2) is 6.07 Å². The first-order chi connectivity index (χ1) is 7.97. The molecular formula is C11H16N4O2. The number of nitrogens with one attached hydrogen (secondary N) is 1. The van der Waals surface area contributed by atoms with Crippen molar-refractivity contribution >= 4 is 5.91 Å². The largest absolute Gasteiger partial charge is 0.382 e. The van der Waals surface area contributed by atoms with E-state index >= 15 is 0 Å². The maximum Gasteiger partial charge on any atom is 0.247 e. The highest BCUT2D eigenvalue weighted by Crippen LogP contribution is 2.12. The van der Waals surface area contributed by atoms with Crippen molar-refractivity contribution in [3.8, 4) is 6.07 Å². The minimum absolute atomic E-state index is 0.103. The molecule has 0 bridgehead atoms. The van der Waals surface area contributed by atoms with Crippen LogP contribution < -0.4 is 11.1 Å². The van der Waals surface area contributed by atoms with E-state index in [1.807, 2.05) is 14.0 Å². The Morgan fingerprint density at radius 3 is 2.88 bits per heavy atom. The summed E-state index contributed by atoms with van der Waals surface area (Å²) in [7, 11) is 1.82. The summed E-state index contributed by atoms with van der Waals surface area (Å²) >= 11 is 0. The monoisotopic (exact) mass is 236 g/mol. The van der Waals surface area contributed by atoms with Crippen molar-refractivity contribution in [2.45, 2.75) is 19.6 Å². The van der Waals surface area contributed by atoms with Crippen LogP contribution in [-0.4, -0.2) is 28.2 Å². The summed E-state index contributed by atoms with van der Waals surface area (Å²) in [6.45, 7) is 2.49. The van der Waals surface area contributed by atoms with Gasteiger partial charge in [0, 0.05) is 25.8 Å². The Kier molecular flexibility index (Phi) is 4.26. The van der Waals surface area contributed by atoms with Crippen molar-refractivity contribution in [1.82, 2.24) is 9.88 Å². The molecule has 1 unspecified atom stereocenters. The SMILES string of the molecule is Cc1c(CNCC(O)C(N)=O)cc(C#N)n1C. The molecule has 0 saturated carbocycles. The lowest BCUT2D eigenvalue weighted by Gasteiger charge is -2.08. The minimum atomic E-state index is -1.19. The van der Waals surface area contributed by atoms with Gasteiger partial charge in [0.25, 0.3) is 0 Å². The smallest absolute Gasteiger partial charge is 0.247 e. The van der Waals surface area contributed by atoms with Gasteiger partial charge in [-0.2, -0.15) is 5.26 Å². The zero-order valence-corrected chi connectivity index (χ0v) is 9.90. The highest BCUT2D eigenvalue weighted by molar-refractivity contribution is 5.78. The van der Waals surface area contributed by atoms with E-state index in [4.69, 9.17) is 11.0 Å². The summed E-state index contributed by atoms with van der Waals surface area (Å²) in [5.74, 6) is -0.750. The molecular weight excluding hydrogens is 220 g/mol. The van der Waals surface area contributed by atoms with Crippen LogP contribution in [0.4, 0.5) is 0 Å². The van der Waals surface area contributed by atoms with E-state index in [1.54, 1.807) is 10.6 Å². The Bertz CT molecular complexity index is 459. The Labute approximate surface area is 99.6 Å².